The summed E-state index contributed by atoms with van der Waals surface area (Å²) in [6.07, 6.45) is 2.59. The summed E-state index contributed by atoms with van der Waals surface area (Å²) in [5, 5.41) is 2.75. The maximum Gasteiger partial charge on any atom is 0.247 e. The predicted molar refractivity (Wildman–Crippen MR) is 49.0 cm³/mol. The van der Waals surface area contributed by atoms with E-state index in [9.17, 15) is 4.79 Å². The first-order valence-corrected chi connectivity index (χ1v) is 4.31. The second-order valence-electron chi connectivity index (χ2n) is 3.12. The van der Waals surface area contributed by atoms with Crippen LogP contribution in [0, 0.1) is 6.92 Å². The Morgan fingerprint density at radius 3 is 2.92 bits per heavy atom. The second-order valence-corrected chi connectivity index (χ2v) is 3.12. The molecule has 1 amide bonds. The van der Waals surface area contributed by atoms with Crippen molar-refractivity contribution in [3.8, 4) is 0 Å². The van der Waals surface area contributed by atoms with E-state index in [-0.39, 0.29) is 5.91 Å². The van der Waals surface area contributed by atoms with Gasteiger partial charge in [0.2, 0.25) is 5.91 Å². The van der Waals surface area contributed by atoms with E-state index >= 15 is 0 Å². The van der Waals surface area contributed by atoms with Crippen LogP contribution in [0.1, 0.15) is 17.9 Å². The monoisotopic (exact) mass is 177 g/mol. The van der Waals surface area contributed by atoms with Crippen molar-refractivity contribution in [2.24, 2.45) is 0 Å². The van der Waals surface area contributed by atoms with Gasteiger partial charge in [-0.05, 0) is 31.6 Å². The minimum atomic E-state index is 0.0223. The van der Waals surface area contributed by atoms with Crippen LogP contribution in [-0.2, 0) is 4.79 Å². The molecule has 1 saturated heterocycles. The Hall–Kier alpha value is -1.51. The number of aryl methyl sites for hydroxylation is 1. The molecule has 1 aromatic rings. The Balaban J connectivity index is 2.24. The summed E-state index contributed by atoms with van der Waals surface area (Å²) in [6.45, 7) is 2.63. The number of hydrogen-bond acceptors (Lipinski definition) is 2. The fourth-order valence-corrected chi connectivity index (χ4v) is 1.38. The highest BCUT2D eigenvalue weighted by molar-refractivity contribution is 5.99. The molecule has 1 aliphatic heterocycles. The van der Waals surface area contributed by atoms with E-state index in [1.165, 1.54) is 0 Å². The molecular formula is C10H11NO2. The van der Waals surface area contributed by atoms with Crippen molar-refractivity contribution in [1.82, 2.24) is 5.32 Å². The van der Waals surface area contributed by atoms with Crippen molar-refractivity contribution in [2.45, 2.75) is 13.3 Å². The molecule has 2 heterocycles. The van der Waals surface area contributed by atoms with Gasteiger partial charge in [-0.2, -0.15) is 0 Å². The number of hydrogen-bond donors (Lipinski definition) is 1. The largest absolute Gasteiger partial charge is 0.462 e. The maximum absolute atomic E-state index is 11.2. The molecule has 0 saturated carbocycles. The first kappa shape index (κ1) is 8.10. The average molecular weight is 177 g/mol. The third-order valence-electron chi connectivity index (χ3n) is 2.05. The molecule has 1 aromatic heterocycles. The van der Waals surface area contributed by atoms with Crippen LogP contribution in [0.25, 0.3) is 6.08 Å². The number of carbonyl (C=O) groups is 1. The summed E-state index contributed by atoms with van der Waals surface area (Å²) in [7, 11) is 0. The molecule has 3 heteroatoms. The molecule has 0 radical (unpaired) electrons. The lowest BCUT2D eigenvalue weighted by Crippen LogP contribution is -2.13. The molecule has 13 heavy (non-hydrogen) atoms. The SMILES string of the molecule is Cc1ccc(C=C2CCNC2=O)o1. The van der Waals surface area contributed by atoms with Gasteiger partial charge in [0.25, 0.3) is 0 Å². The molecule has 0 bridgehead atoms. The standard InChI is InChI=1S/C10H11NO2/c1-7-2-3-9(13-7)6-8-4-5-11-10(8)12/h2-3,6H,4-5H2,1H3,(H,11,12). The summed E-state index contributed by atoms with van der Waals surface area (Å²) in [5.74, 6) is 1.64. The lowest BCUT2D eigenvalue weighted by atomic mass is 10.2. The molecule has 0 unspecified atom stereocenters. The summed E-state index contributed by atoms with van der Waals surface area (Å²) < 4.78 is 5.34. The van der Waals surface area contributed by atoms with E-state index < -0.39 is 0 Å². The Labute approximate surface area is 76.4 Å². The summed E-state index contributed by atoms with van der Waals surface area (Å²) >= 11 is 0. The highest BCUT2D eigenvalue weighted by Gasteiger charge is 2.16. The quantitative estimate of drug-likeness (QED) is 0.660. The van der Waals surface area contributed by atoms with Crippen LogP contribution in [0.3, 0.4) is 0 Å². The number of amides is 1. The first-order chi connectivity index (χ1) is 6.25. The van der Waals surface area contributed by atoms with Gasteiger partial charge in [-0.25, -0.2) is 0 Å². The lowest BCUT2D eigenvalue weighted by molar-refractivity contribution is -0.116. The Morgan fingerprint density at radius 1 is 1.54 bits per heavy atom. The molecule has 3 nitrogen and oxygen atoms in total. The van der Waals surface area contributed by atoms with Crippen LogP contribution >= 0.6 is 0 Å². The molecule has 68 valence electrons. The zero-order valence-electron chi connectivity index (χ0n) is 7.46. The topological polar surface area (TPSA) is 42.2 Å². The zero-order valence-corrected chi connectivity index (χ0v) is 7.46. The van der Waals surface area contributed by atoms with Crippen molar-refractivity contribution in [1.29, 1.82) is 0 Å². The van der Waals surface area contributed by atoms with Gasteiger partial charge in [0.15, 0.2) is 0 Å². The fraction of sp³-hybridized carbons (Fsp3) is 0.300. The van der Waals surface area contributed by atoms with E-state index in [0.717, 1.165) is 30.1 Å². The first-order valence-electron chi connectivity index (χ1n) is 4.31. The van der Waals surface area contributed by atoms with Gasteiger partial charge in [0, 0.05) is 12.1 Å². The van der Waals surface area contributed by atoms with Crippen molar-refractivity contribution in [2.75, 3.05) is 6.54 Å². The molecular weight excluding hydrogens is 166 g/mol. The average Bonchev–Trinajstić information content (AvgIpc) is 2.64. The molecule has 0 spiro atoms. The molecule has 0 atom stereocenters. The Morgan fingerprint density at radius 2 is 2.38 bits per heavy atom. The minimum Gasteiger partial charge on any atom is -0.462 e. The van der Waals surface area contributed by atoms with Crippen LogP contribution in [-0.4, -0.2) is 12.5 Å². The van der Waals surface area contributed by atoms with Gasteiger partial charge in [-0.15, -0.1) is 0 Å². The smallest absolute Gasteiger partial charge is 0.247 e. The van der Waals surface area contributed by atoms with E-state index in [4.69, 9.17) is 4.42 Å². The van der Waals surface area contributed by atoms with Gasteiger partial charge in [-0.1, -0.05) is 0 Å². The molecule has 0 aromatic carbocycles. The van der Waals surface area contributed by atoms with E-state index in [1.54, 1.807) is 6.08 Å². The van der Waals surface area contributed by atoms with E-state index in [1.807, 2.05) is 19.1 Å². The van der Waals surface area contributed by atoms with Crippen molar-refractivity contribution in [3.63, 3.8) is 0 Å². The molecule has 2 rings (SSSR count). The third kappa shape index (κ3) is 1.64. The van der Waals surface area contributed by atoms with Crippen LogP contribution in [0.15, 0.2) is 22.1 Å². The number of carbonyl (C=O) groups excluding carboxylic acids is 1. The van der Waals surface area contributed by atoms with Gasteiger partial charge in [0.1, 0.15) is 11.5 Å². The fourth-order valence-electron chi connectivity index (χ4n) is 1.38. The summed E-state index contributed by atoms with van der Waals surface area (Å²) in [6, 6.07) is 3.76. The minimum absolute atomic E-state index is 0.0223. The van der Waals surface area contributed by atoms with E-state index in [2.05, 4.69) is 5.32 Å². The normalized spacial score (nSPS) is 19.5. The summed E-state index contributed by atoms with van der Waals surface area (Å²) in [4.78, 5) is 11.2. The van der Waals surface area contributed by atoms with Crippen molar-refractivity contribution in [3.05, 3.63) is 29.2 Å². The predicted octanol–water partition coefficient (Wildman–Crippen LogP) is 1.49. The van der Waals surface area contributed by atoms with Gasteiger partial charge in [-0.3, -0.25) is 4.79 Å². The zero-order chi connectivity index (χ0) is 9.26. The number of nitrogens with one attached hydrogen (secondary N) is 1. The third-order valence-corrected chi connectivity index (χ3v) is 2.05. The van der Waals surface area contributed by atoms with Crippen LogP contribution in [0.5, 0.6) is 0 Å². The highest BCUT2D eigenvalue weighted by Crippen LogP contribution is 2.15. The Bertz CT molecular complexity index is 363. The molecule has 0 aliphatic carbocycles. The summed E-state index contributed by atoms with van der Waals surface area (Å²) in [5.41, 5.74) is 0.800. The number of furan rings is 1. The molecule has 1 fully saturated rings. The van der Waals surface area contributed by atoms with Crippen LogP contribution < -0.4 is 5.32 Å². The van der Waals surface area contributed by atoms with Crippen molar-refractivity contribution < 1.29 is 9.21 Å². The second kappa shape index (κ2) is 3.09. The Kier molecular flexibility index (Phi) is 1.93. The number of rotatable bonds is 1. The van der Waals surface area contributed by atoms with Gasteiger partial charge >= 0.3 is 0 Å². The highest BCUT2D eigenvalue weighted by atomic mass is 16.3. The lowest BCUT2D eigenvalue weighted by Gasteiger charge is -1.90. The molecule has 1 N–H and O–H groups in total. The van der Waals surface area contributed by atoms with Gasteiger partial charge < -0.3 is 9.73 Å². The van der Waals surface area contributed by atoms with Crippen LogP contribution in [0.2, 0.25) is 0 Å². The van der Waals surface area contributed by atoms with E-state index in [0.29, 0.717) is 0 Å². The molecule has 1 aliphatic rings. The van der Waals surface area contributed by atoms with Crippen molar-refractivity contribution >= 4 is 12.0 Å². The maximum atomic E-state index is 11.2. The van der Waals surface area contributed by atoms with Crippen LogP contribution in [0.4, 0.5) is 0 Å². The van der Waals surface area contributed by atoms with Gasteiger partial charge in [0.05, 0.1) is 0 Å².